The zero-order chi connectivity index (χ0) is 13.1. The first-order valence-corrected chi connectivity index (χ1v) is 7.06. The maximum atomic E-state index is 9.55. The van der Waals surface area contributed by atoms with Crippen molar-refractivity contribution in [2.24, 2.45) is 0 Å². The maximum absolute atomic E-state index is 9.55. The number of hydrogen-bond acceptors (Lipinski definition) is 2. The van der Waals surface area contributed by atoms with E-state index in [-0.39, 0.29) is 0 Å². The van der Waals surface area contributed by atoms with Crippen LogP contribution in [0.25, 0.3) is 0 Å². The van der Waals surface area contributed by atoms with Crippen LogP contribution in [0.4, 0.5) is 0 Å². The van der Waals surface area contributed by atoms with Crippen molar-refractivity contribution in [1.29, 1.82) is 0 Å². The number of hydrogen-bond donors (Lipinski definition) is 1. The monoisotopic (exact) mass is 370 g/mol. The highest BCUT2D eigenvalue weighted by Gasteiger charge is 2.08. The standard InChI is InChI=1S/C14H12Br2O2/c1-9(17)11-7-6-10(8-13(11)16)18-14-5-3-2-4-12(14)15/h2-9,17H,1H3. The second-order valence-electron chi connectivity index (χ2n) is 3.89. The molecule has 0 aromatic heterocycles. The summed E-state index contributed by atoms with van der Waals surface area (Å²) in [5.41, 5.74) is 0.842. The van der Waals surface area contributed by atoms with Crippen LogP contribution in [0.3, 0.4) is 0 Å². The molecule has 0 saturated carbocycles. The van der Waals surface area contributed by atoms with Gasteiger partial charge in [-0.15, -0.1) is 0 Å². The summed E-state index contributed by atoms with van der Waals surface area (Å²) >= 11 is 6.86. The predicted molar refractivity (Wildman–Crippen MR) is 79.0 cm³/mol. The molecule has 0 amide bonds. The fourth-order valence-corrected chi connectivity index (χ4v) is 2.62. The van der Waals surface area contributed by atoms with Crippen LogP contribution in [0.5, 0.6) is 11.5 Å². The van der Waals surface area contributed by atoms with Gasteiger partial charge in [0.15, 0.2) is 0 Å². The Morgan fingerprint density at radius 2 is 1.78 bits per heavy atom. The minimum atomic E-state index is -0.503. The molecular formula is C14H12Br2O2. The summed E-state index contributed by atoms with van der Waals surface area (Å²) in [7, 11) is 0. The van der Waals surface area contributed by atoms with Gasteiger partial charge in [0.25, 0.3) is 0 Å². The average molecular weight is 372 g/mol. The van der Waals surface area contributed by atoms with Crippen molar-refractivity contribution >= 4 is 31.9 Å². The van der Waals surface area contributed by atoms with E-state index in [0.717, 1.165) is 26.0 Å². The predicted octanol–water partition coefficient (Wildman–Crippen LogP) is 5.06. The average Bonchev–Trinajstić information content (AvgIpc) is 2.32. The Kier molecular flexibility index (Phi) is 4.43. The minimum absolute atomic E-state index is 0.503. The van der Waals surface area contributed by atoms with E-state index < -0.39 is 6.10 Å². The zero-order valence-corrected chi connectivity index (χ0v) is 12.9. The van der Waals surface area contributed by atoms with Crippen molar-refractivity contribution in [2.75, 3.05) is 0 Å². The lowest BCUT2D eigenvalue weighted by atomic mass is 10.1. The molecule has 1 unspecified atom stereocenters. The van der Waals surface area contributed by atoms with Gasteiger partial charge in [-0.25, -0.2) is 0 Å². The highest BCUT2D eigenvalue weighted by molar-refractivity contribution is 9.10. The molecule has 0 saturated heterocycles. The first-order chi connectivity index (χ1) is 8.58. The number of aliphatic hydroxyl groups is 1. The molecule has 2 aromatic rings. The molecule has 0 spiro atoms. The van der Waals surface area contributed by atoms with Crippen LogP contribution in [-0.2, 0) is 0 Å². The lowest BCUT2D eigenvalue weighted by Gasteiger charge is -2.11. The van der Waals surface area contributed by atoms with E-state index >= 15 is 0 Å². The van der Waals surface area contributed by atoms with Crippen LogP contribution < -0.4 is 4.74 Å². The molecule has 1 N–H and O–H groups in total. The number of para-hydroxylation sites is 1. The molecule has 0 bridgehead atoms. The van der Waals surface area contributed by atoms with Gasteiger partial charge in [-0.05, 0) is 52.7 Å². The van der Waals surface area contributed by atoms with Crippen molar-refractivity contribution in [3.05, 3.63) is 57.0 Å². The van der Waals surface area contributed by atoms with E-state index in [2.05, 4.69) is 31.9 Å². The quantitative estimate of drug-likeness (QED) is 0.817. The van der Waals surface area contributed by atoms with Crippen LogP contribution in [0.15, 0.2) is 51.4 Å². The van der Waals surface area contributed by atoms with E-state index in [1.807, 2.05) is 42.5 Å². The largest absolute Gasteiger partial charge is 0.456 e. The van der Waals surface area contributed by atoms with Crippen LogP contribution >= 0.6 is 31.9 Å². The Morgan fingerprint density at radius 3 is 2.39 bits per heavy atom. The first kappa shape index (κ1) is 13.6. The fraction of sp³-hybridized carbons (Fsp3) is 0.143. The Hall–Kier alpha value is -0.840. The van der Waals surface area contributed by atoms with Crippen molar-refractivity contribution in [1.82, 2.24) is 0 Å². The molecule has 0 radical (unpaired) electrons. The van der Waals surface area contributed by atoms with Gasteiger partial charge in [0.1, 0.15) is 11.5 Å². The number of aliphatic hydroxyl groups excluding tert-OH is 1. The molecule has 0 fully saturated rings. The van der Waals surface area contributed by atoms with Crippen LogP contribution in [-0.4, -0.2) is 5.11 Å². The van der Waals surface area contributed by atoms with Gasteiger partial charge in [-0.1, -0.05) is 34.1 Å². The highest BCUT2D eigenvalue weighted by atomic mass is 79.9. The third-order valence-corrected chi connectivity index (χ3v) is 3.83. The first-order valence-electron chi connectivity index (χ1n) is 5.48. The van der Waals surface area contributed by atoms with E-state index in [1.54, 1.807) is 6.92 Å². The van der Waals surface area contributed by atoms with Gasteiger partial charge >= 0.3 is 0 Å². The molecule has 0 aliphatic heterocycles. The van der Waals surface area contributed by atoms with Gasteiger partial charge in [-0.3, -0.25) is 0 Å². The number of halogens is 2. The summed E-state index contributed by atoms with van der Waals surface area (Å²) in [4.78, 5) is 0. The molecular weight excluding hydrogens is 360 g/mol. The molecule has 94 valence electrons. The van der Waals surface area contributed by atoms with Crippen molar-refractivity contribution in [2.45, 2.75) is 13.0 Å². The van der Waals surface area contributed by atoms with Crippen LogP contribution in [0.1, 0.15) is 18.6 Å². The summed E-state index contributed by atoms with van der Waals surface area (Å²) in [5, 5.41) is 9.55. The highest BCUT2D eigenvalue weighted by Crippen LogP contribution is 2.33. The zero-order valence-electron chi connectivity index (χ0n) is 9.73. The molecule has 2 nitrogen and oxygen atoms in total. The SMILES string of the molecule is CC(O)c1ccc(Oc2ccccc2Br)cc1Br. The smallest absolute Gasteiger partial charge is 0.141 e. The summed E-state index contributed by atoms with van der Waals surface area (Å²) < 4.78 is 7.50. The second kappa shape index (κ2) is 5.87. The van der Waals surface area contributed by atoms with Crippen molar-refractivity contribution in [3.8, 4) is 11.5 Å². The summed E-state index contributed by atoms with van der Waals surface area (Å²) in [5.74, 6) is 1.48. The Bertz CT molecular complexity index is 553. The third-order valence-electron chi connectivity index (χ3n) is 2.49. The van der Waals surface area contributed by atoms with Crippen molar-refractivity contribution in [3.63, 3.8) is 0 Å². The van der Waals surface area contributed by atoms with Crippen LogP contribution in [0.2, 0.25) is 0 Å². The van der Waals surface area contributed by atoms with Gasteiger partial charge in [0.2, 0.25) is 0 Å². The van der Waals surface area contributed by atoms with Gasteiger partial charge < -0.3 is 9.84 Å². The van der Waals surface area contributed by atoms with Crippen molar-refractivity contribution < 1.29 is 9.84 Å². The number of benzene rings is 2. The maximum Gasteiger partial charge on any atom is 0.141 e. The van der Waals surface area contributed by atoms with Crippen LogP contribution in [0, 0.1) is 0 Å². The Morgan fingerprint density at radius 1 is 1.06 bits per heavy atom. The molecule has 18 heavy (non-hydrogen) atoms. The minimum Gasteiger partial charge on any atom is -0.456 e. The van der Waals surface area contributed by atoms with Gasteiger partial charge in [0, 0.05) is 4.47 Å². The lowest BCUT2D eigenvalue weighted by Crippen LogP contribution is -1.93. The van der Waals surface area contributed by atoms with E-state index in [0.29, 0.717) is 0 Å². The Labute approximate surface area is 123 Å². The molecule has 2 aromatic carbocycles. The summed E-state index contributed by atoms with van der Waals surface area (Å²) in [6.45, 7) is 1.73. The molecule has 4 heteroatoms. The van der Waals surface area contributed by atoms with E-state index in [1.165, 1.54) is 0 Å². The summed E-state index contributed by atoms with van der Waals surface area (Å²) in [6, 6.07) is 13.2. The number of ether oxygens (including phenoxy) is 1. The molecule has 0 heterocycles. The molecule has 0 aliphatic carbocycles. The third kappa shape index (κ3) is 3.13. The topological polar surface area (TPSA) is 29.5 Å². The van der Waals surface area contributed by atoms with Gasteiger partial charge in [0.05, 0.1) is 10.6 Å². The normalized spacial score (nSPS) is 12.2. The molecule has 0 aliphatic rings. The Balaban J connectivity index is 2.26. The van der Waals surface area contributed by atoms with Gasteiger partial charge in [-0.2, -0.15) is 0 Å². The summed E-state index contributed by atoms with van der Waals surface area (Å²) in [6.07, 6.45) is -0.503. The second-order valence-corrected chi connectivity index (χ2v) is 5.60. The number of rotatable bonds is 3. The fourth-order valence-electron chi connectivity index (χ4n) is 1.56. The van der Waals surface area contributed by atoms with E-state index in [9.17, 15) is 5.11 Å². The van der Waals surface area contributed by atoms with E-state index in [4.69, 9.17) is 4.74 Å². The molecule has 2 rings (SSSR count). The lowest BCUT2D eigenvalue weighted by molar-refractivity contribution is 0.198. The molecule has 1 atom stereocenters.